The Kier molecular flexibility index (Phi) is 42.6. The van der Waals surface area contributed by atoms with Crippen molar-refractivity contribution < 1.29 is 52.9 Å². The molecule has 0 radical (unpaired) electrons. The zero-order valence-corrected chi connectivity index (χ0v) is 40.3. The van der Waals surface area contributed by atoms with E-state index in [2.05, 4.69) is 50.3 Å². The number of aliphatic hydroxyl groups excluding tert-OH is 3. The lowest BCUT2D eigenvalue weighted by Crippen LogP contribution is -2.29. The lowest BCUT2D eigenvalue weighted by atomic mass is 10.0. The van der Waals surface area contributed by atoms with E-state index in [1.165, 1.54) is 96.3 Å². The van der Waals surface area contributed by atoms with E-state index in [1.807, 2.05) is 19.1 Å². The summed E-state index contributed by atoms with van der Waals surface area (Å²) in [6, 6.07) is 0. The number of hydrogen-bond acceptors (Lipinski definition) is 10. The summed E-state index contributed by atoms with van der Waals surface area (Å²) >= 11 is 0. The Hall–Kier alpha value is -2.11. The zero-order valence-electron chi connectivity index (χ0n) is 39.4. The molecule has 0 heterocycles. The summed E-state index contributed by atoms with van der Waals surface area (Å²) in [7, 11) is -4.64. The summed E-state index contributed by atoms with van der Waals surface area (Å²) in [5.41, 5.74) is 0. The van der Waals surface area contributed by atoms with E-state index < -0.39 is 51.8 Å². The van der Waals surface area contributed by atoms with Gasteiger partial charge in [0.2, 0.25) is 0 Å². The maximum atomic E-state index is 12.7. The van der Waals surface area contributed by atoms with Crippen LogP contribution in [0.3, 0.4) is 0 Å². The van der Waals surface area contributed by atoms with E-state index in [0.29, 0.717) is 19.3 Å². The van der Waals surface area contributed by atoms with Crippen LogP contribution in [0.2, 0.25) is 0 Å². The number of rotatable bonds is 45. The quantitative estimate of drug-likeness (QED) is 0.0199. The molecule has 62 heavy (non-hydrogen) atoms. The second-order valence-electron chi connectivity index (χ2n) is 17.1. The van der Waals surface area contributed by atoms with Gasteiger partial charge in [-0.25, -0.2) is 4.57 Å². The highest BCUT2D eigenvalue weighted by Crippen LogP contribution is 2.43. The predicted octanol–water partition coefficient (Wildman–Crippen LogP) is 12.5. The van der Waals surface area contributed by atoms with E-state index in [-0.39, 0.29) is 25.6 Å². The van der Waals surface area contributed by atoms with Gasteiger partial charge in [0.1, 0.15) is 12.7 Å². The van der Waals surface area contributed by atoms with Gasteiger partial charge in [-0.1, -0.05) is 185 Å². The van der Waals surface area contributed by atoms with Gasteiger partial charge in [0, 0.05) is 12.8 Å². The largest absolute Gasteiger partial charge is 0.472 e. The van der Waals surface area contributed by atoms with Crippen LogP contribution in [0.25, 0.3) is 0 Å². The summed E-state index contributed by atoms with van der Waals surface area (Å²) in [6.07, 6.45) is 44.6. The number of hydrogen-bond donors (Lipinski definition) is 4. The monoisotopic (exact) mass is 899 g/mol. The van der Waals surface area contributed by atoms with E-state index >= 15 is 0 Å². The molecule has 0 rings (SSSR count). The Bertz CT molecular complexity index is 1200. The molecular weight excluding hydrogens is 808 g/mol. The molecule has 12 heteroatoms. The first-order valence-electron chi connectivity index (χ1n) is 24.5. The number of ether oxygens (including phenoxy) is 2. The minimum absolute atomic E-state index is 0.153. The van der Waals surface area contributed by atoms with Crippen LogP contribution in [0.1, 0.15) is 207 Å². The van der Waals surface area contributed by atoms with Gasteiger partial charge in [-0.2, -0.15) is 0 Å². The molecule has 0 spiro atoms. The SMILES string of the molecule is CC[C@H](O)CC/C=C\C/C=C\C/C=C\C/C=C\CCCC(=O)OC[C@H](COP(=O)(O)OC[C@@H](O)CO)OC(=O)CCCCCCCCCCCCCCCCCCCCC(C)C. The third kappa shape index (κ3) is 44.5. The number of unbranched alkanes of at least 4 members (excludes halogenated alkanes) is 18. The first-order chi connectivity index (χ1) is 30.0. The summed E-state index contributed by atoms with van der Waals surface area (Å²) < 4.78 is 32.7. The van der Waals surface area contributed by atoms with Gasteiger partial charge in [0.25, 0.3) is 0 Å². The lowest BCUT2D eigenvalue weighted by molar-refractivity contribution is -0.161. The van der Waals surface area contributed by atoms with Crippen molar-refractivity contribution in [2.45, 2.75) is 225 Å². The molecule has 0 fully saturated rings. The van der Waals surface area contributed by atoms with E-state index in [0.717, 1.165) is 63.7 Å². The van der Waals surface area contributed by atoms with E-state index in [4.69, 9.17) is 23.6 Å². The molecule has 0 aliphatic carbocycles. The Morgan fingerprint density at radius 3 is 1.45 bits per heavy atom. The first-order valence-corrected chi connectivity index (χ1v) is 26.0. The molecule has 1 unspecified atom stereocenters. The van der Waals surface area contributed by atoms with Gasteiger partial charge >= 0.3 is 19.8 Å². The van der Waals surface area contributed by atoms with E-state index in [9.17, 15) is 29.3 Å². The van der Waals surface area contributed by atoms with Gasteiger partial charge < -0.3 is 29.7 Å². The Morgan fingerprint density at radius 2 is 0.968 bits per heavy atom. The average molecular weight is 899 g/mol. The molecule has 0 aliphatic heterocycles. The third-order valence-corrected chi connectivity index (χ3v) is 11.5. The van der Waals surface area contributed by atoms with Crippen molar-refractivity contribution in [2.75, 3.05) is 26.4 Å². The molecule has 0 bridgehead atoms. The normalized spacial score (nSPS) is 14.7. The maximum absolute atomic E-state index is 12.7. The van der Waals surface area contributed by atoms with Crippen LogP contribution in [0.4, 0.5) is 0 Å². The highest BCUT2D eigenvalue weighted by atomic mass is 31.2. The molecule has 4 N–H and O–H groups in total. The van der Waals surface area contributed by atoms with Crippen LogP contribution in [-0.4, -0.2) is 76.9 Å². The van der Waals surface area contributed by atoms with Crippen molar-refractivity contribution in [1.82, 2.24) is 0 Å². The van der Waals surface area contributed by atoms with Gasteiger partial charge in [-0.3, -0.25) is 18.6 Å². The van der Waals surface area contributed by atoms with Crippen LogP contribution in [0.15, 0.2) is 48.6 Å². The topological polar surface area (TPSA) is 169 Å². The average Bonchev–Trinajstić information content (AvgIpc) is 3.25. The highest BCUT2D eigenvalue weighted by molar-refractivity contribution is 7.47. The summed E-state index contributed by atoms with van der Waals surface area (Å²) in [5, 5.41) is 27.9. The van der Waals surface area contributed by atoms with Crippen LogP contribution >= 0.6 is 7.82 Å². The minimum atomic E-state index is -4.64. The smallest absolute Gasteiger partial charge is 0.462 e. The predicted molar refractivity (Wildman–Crippen MR) is 253 cm³/mol. The van der Waals surface area contributed by atoms with Crippen molar-refractivity contribution in [2.24, 2.45) is 5.92 Å². The molecule has 0 saturated carbocycles. The minimum Gasteiger partial charge on any atom is -0.462 e. The standard InChI is InChI=1S/C50H91O11P/c1-4-46(52)38-34-30-26-22-18-14-11-12-15-19-23-27-31-35-39-49(54)58-43-48(44-60-62(56,57)59-42-47(53)41-51)61-50(55)40-36-32-28-24-20-16-10-8-6-5-7-9-13-17-21-25-29-33-37-45(2)3/h12,14-15,18,23,26-27,30,45-48,51-53H,4-11,13,16-17,19-22,24-25,28-29,31-44H2,1-3H3,(H,56,57)/b15-12-,18-14-,27-23-,30-26-/t46-,47-,48+/m0/s1. The Morgan fingerprint density at radius 1 is 0.532 bits per heavy atom. The highest BCUT2D eigenvalue weighted by Gasteiger charge is 2.27. The zero-order chi connectivity index (χ0) is 45.8. The van der Waals surface area contributed by atoms with Crippen LogP contribution < -0.4 is 0 Å². The maximum Gasteiger partial charge on any atom is 0.472 e. The van der Waals surface area contributed by atoms with Crippen molar-refractivity contribution in [3.05, 3.63) is 48.6 Å². The van der Waals surface area contributed by atoms with Gasteiger partial charge in [0.15, 0.2) is 6.10 Å². The molecule has 0 aromatic rings. The number of carbonyl (C=O) groups is 2. The second kappa shape index (κ2) is 44.1. The molecule has 362 valence electrons. The van der Waals surface area contributed by atoms with Gasteiger partial charge in [-0.15, -0.1) is 0 Å². The Labute approximate surface area is 377 Å². The van der Waals surface area contributed by atoms with Crippen LogP contribution in [0, 0.1) is 5.92 Å². The third-order valence-electron chi connectivity index (χ3n) is 10.6. The number of aliphatic hydroxyl groups is 3. The van der Waals surface area contributed by atoms with Crippen LogP contribution in [-0.2, 0) is 32.7 Å². The summed E-state index contributed by atoms with van der Waals surface area (Å²) in [6.45, 7) is 4.41. The number of allylic oxidation sites excluding steroid dienone is 8. The molecule has 0 aliphatic rings. The Balaban J connectivity index is 4.28. The number of esters is 2. The lowest BCUT2D eigenvalue weighted by Gasteiger charge is -2.20. The van der Waals surface area contributed by atoms with Crippen molar-refractivity contribution in [3.8, 4) is 0 Å². The molecular formula is C50H91O11P. The molecule has 0 aromatic heterocycles. The number of phosphoric acid groups is 1. The molecule has 4 atom stereocenters. The molecule has 11 nitrogen and oxygen atoms in total. The molecule has 0 aromatic carbocycles. The fourth-order valence-corrected chi connectivity index (χ4v) is 7.41. The van der Waals surface area contributed by atoms with Crippen LogP contribution in [0.5, 0.6) is 0 Å². The fraction of sp³-hybridized carbons (Fsp3) is 0.800. The van der Waals surface area contributed by atoms with Crippen molar-refractivity contribution in [3.63, 3.8) is 0 Å². The van der Waals surface area contributed by atoms with Crippen molar-refractivity contribution >= 4 is 19.8 Å². The fourth-order valence-electron chi connectivity index (χ4n) is 6.62. The number of phosphoric ester groups is 1. The first kappa shape index (κ1) is 59.9. The van der Waals surface area contributed by atoms with Crippen molar-refractivity contribution in [1.29, 1.82) is 0 Å². The number of carbonyl (C=O) groups excluding carboxylic acids is 2. The summed E-state index contributed by atoms with van der Waals surface area (Å²) in [4.78, 5) is 35.1. The van der Waals surface area contributed by atoms with Gasteiger partial charge in [-0.05, 0) is 63.7 Å². The van der Waals surface area contributed by atoms with Gasteiger partial charge in [0.05, 0.1) is 25.9 Å². The second-order valence-corrected chi connectivity index (χ2v) is 18.6. The molecule has 0 amide bonds. The molecule has 0 saturated heterocycles. The van der Waals surface area contributed by atoms with E-state index in [1.54, 1.807) is 0 Å². The summed E-state index contributed by atoms with van der Waals surface area (Å²) in [5.74, 6) is -0.166.